The number of pyridine rings is 1. The van der Waals surface area contributed by atoms with Gasteiger partial charge >= 0.3 is 0 Å². The van der Waals surface area contributed by atoms with Gasteiger partial charge in [-0.05, 0) is 18.6 Å². The summed E-state index contributed by atoms with van der Waals surface area (Å²) in [5, 5.41) is 2.82. The zero-order chi connectivity index (χ0) is 12.7. The molecule has 0 aromatic carbocycles. The summed E-state index contributed by atoms with van der Waals surface area (Å²) in [5.41, 5.74) is 6.50. The molecule has 1 heterocycles. The van der Waals surface area contributed by atoms with Crippen LogP contribution in [0.15, 0.2) is 18.3 Å². The zero-order valence-corrected chi connectivity index (χ0v) is 10.7. The van der Waals surface area contributed by atoms with E-state index < -0.39 is 0 Å². The van der Waals surface area contributed by atoms with Gasteiger partial charge in [-0.3, -0.25) is 9.78 Å². The molecule has 0 unspecified atom stereocenters. The predicted molar refractivity (Wildman–Crippen MR) is 72.0 cm³/mol. The normalized spacial score (nSPS) is 9.94. The molecular weight excluding hydrogens is 234 g/mol. The van der Waals surface area contributed by atoms with Crippen LogP contribution in [-0.2, 0) is 0 Å². The molecule has 0 atom stereocenters. The van der Waals surface area contributed by atoms with E-state index in [1.165, 1.54) is 6.20 Å². The van der Waals surface area contributed by atoms with Gasteiger partial charge in [-0.25, -0.2) is 0 Å². The fraction of sp³-hybridized carbons (Fsp3) is 0.417. The molecule has 0 saturated heterocycles. The lowest BCUT2D eigenvalue weighted by Gasteiger charge is -2.04. The molecule has 92 valence electrons. The number of hydrogen-bond acceptors (Lipinski definition) is 3. The molecule has 0 radical (unpaired) electrons. The fourth-order valence-electron chi connectivity index (χ4n) is 1.34. The number of amides is 1. The van der Waals surface area contributed by atoms with Crippen LogP contribution in [0, 0.1) is 0 Å². The molecule has 5 heteroatoms. The van der Waals surface area contributed by atoms with Crippen molar-refractivity contribution in [3.8, 4) is 0 Å². The third-order valence-corrected chi connectivity index (χ3v) is 2.58. The Bertz CT molecular complexity index is 389. The molecule has 0 aliphatic carbocycles. The van der Waals surface area contributed by atoms with Gasteiger partial charge in [-0.2, -0.15) is 0 Å². The maximum atomic E-state index is 11.7. The van der Waals surface area contributed by atoms with E-state index in [4.69, 9.17) is 18.0 Å². The lowest BCUT2D eigenvalue weighted by molar-refractivity contribution is 0.0948. The second kappa shape index (κ2) is 6.96. The Hall–Kier alpha value is -1.49. The molecule has 1 aromatic rings. The molecule has 0 aliphatic rings. The number of rotatable bonds is 6. The molecule has 1 amide bonds. The number of unbranched alkanes of at least 4 members (excludes halogenated alkanes) is 2. The lowest BCUT2D eigenvalue weighted by atomic mass is 10.2. The lowest BCUT2D eigenvalue weighted by Crippen LogP contribution is -2.25. The van der Waals surface area contributed by atoms with Gasteiger partial charge in [0.05, 0.1) is 0 Å². The van der Waals surface area contributed by atoms with E-state index in [1.807, 2.05) is 0 Å². The van der Waals surface area contributed by atoms with Crippen LogP contribution < -0.4 is 11.1 Å². The maximum absolute atomic E-state index is 11.7. The first kappa shape index (κ1) is 13.6. The van der Waals surface area contributed by atoms with E-state index in [2.05, 4.69) is 17.2 Å². The molecule has 0 bridgehead atoms. The Labute approximate surface area is 107 Å². The second-order valence-electron chi connectivity index (χ2n) is 3.76. The molecule has 0 saturated carbocycles. The van der Waals surface area contributed by atoms with Gasteiger partial charge in [-0.1, -0.05) is 32.0 Å². The molecule has 17 heavy (non-hydrogen) atoms. The summed E-state index contributed by atoms with van der Waals surface area (Å²) in [5.74, 6) is -0.157. The fourth-order valence-corrected chi connectivity index (χ4v) is 1.46. The van der Waals surface area contributed by atoms with Crippen molar-refractivity contribution in [3.05, 3.63) is 29.6 Å². The van der Waals surface area contributed by atoms with Gasteiger partial charge in [0.1, 0.15) is 10.7 Å². The first-order valence-corrected chi connectivity index (χ1v) is 6.10. The molecule has 1 aromatic heterocycles. The summed E-state index contributed by atoms with van der Waals surface area (Å²) in [7, 11) is 0. The van der Waals surface area contributed by atoms with Crippen LogP contribution in [-0.4, -0.2) is 22.4 Å². The van der Waals surface area contributed by atoms with Gasteiger partial charge < -0.3 is 11.1 Å². The van der Waals surface area contributed by atoms with E-state index in [9.17, 15) is 4.79 Å². The highest BCUT2D eigenvalue weighted by atomic mass is 32.1. The predicted octanol–water partition coefficient (Wildman–Crippen LogP) is 1.64. The number of thiocarbonyl (C=S) groups is 1. The van der Waals surface area contributed by atoms with Gasteiger partial charge in [0, 0.05) is 18.3 Å². The van der Waals surface area contributed by atoms with E-state index in [1.54, 1.807) is 12.1 Å². The number of nitrogens with zero attached hydrogens (tertiary/aromatic N) is 1. The van der Waals surface area contributed by atoms with Crippen molar-refractivity contribution in [2.45, 2.75) is 26.2 Å². The monoisotopic (exact) mass is 251 g/mol. The highest BCUT2D eigenvalue weighted by molar-refractivity contribution is 7.80. The van der Waals surface area contributed by atoms with Crippen molar-refractivity contribution in [1.82, 2.24) is 10.3 Å². The molecular formula is C12H17N3OS. The molecule has 1 rings (SSSR count). The molecule has 0 fully saturated rings. The number of aromatic nitrogens is 1. The Kier molecular flexibility index (Phi) is 5.56. The minimum atomic E-state index is -0.157. The highest BCUT2D eigenvalue weighted by Gasteiger charge is 2.06. The second-order valence-corrected chi connectivity index (χ2v) is 4.20. The molecule has 4 nitrogen and oxygen atoms in total. The van der Waals surface area contributed by atoms with Crippen molar-refractivity contribution in [3.63, 3.8) is 0 Å². The SMILES string of the molecule is CCCCCNC(=O)c1ccc(C(N)=S)cn1. The van der Waals surface area contributed by atoms with Crippen LogP contribution in [0.2, 0.25) is 0 Å². The molecule has 0 aliphatic heterocycles. The average Bonchev–Trinajstić information content (AvgIpc) is 2.34. The summed E-state index contributed by atoms with van der Waals surface area (Å²) in [6.45, 7) is 2.81. The van der Waals surface area contributed by atoms with Crippen molar-refractivity contribution < 1.29 is 4.79 Å². The standard InChI is InChI=1S/C12H17N3OS/c1-2-3-4-7-14-12(16)10-6-5-9(8-15-10)11(13)17/h5-6,8H,2-4,7H2,1H3,(H2,13,17)(H,14,16). The maximum Gasteiger partial charge on any atom is 0.269 e. The first-order valence-electron chi connectivity index (χ1n) is 5.69. The van der Waals surface area contributed by atoms with E-state index in [-0.39, 0.29) is 10.9 Å². The van der Waals surface area contributed by atoms with E-state index in [0.717, 1.165) is 19.3 Å². The number of nitrogens with two attached hydrogens (primary N) is 1. The average molecular weight is 251 g/mol. The van der Waals surface area contributed by atoms with E-state index >= 15 is 0 Å². The Morgan fingerprint density at radius 1 is 1.47 bits per heavy atom. The summed E-state index contributed by atoms with van der Waals surface area (Å²) < 4.78 is 0. The van der Waals surface area contributed by atoms with Crippen LogP contribution in [0.3, 0.4) is 0 Å². The molecule has 3 N–H and O–H groups in total. The topological polar surface area (TPSA) is 68.0 Å². The number of carbonyl (C=O) groups is 1. The smallest absolute Gasteiger partial charge is 0.269 e. The third-order valence-electron chi connectivity index (χ3n) is 2.35. The van der Waals surface area contributed by atoms with Crippen LogP contribution in [0.1, 0.15) is 42.2 Å². The van der Waals surface area contributed by atoms with Gasteiger partial charge in [-0.15, -0.1) is 0 Å². The number of carbonyl (C=O) groups excluding carboxylic acids is 1. The summed E-state index contributed by atoms with van der Waals surface area (Å²) in [6.07, 6.45) is 4.77. The summed E-state index contributed by atoms with van der Waals surface area (Å²) in [6, 6.07) is 3.33. The molecule has 0 spiro atoms. The summed E-state index contributed by atoms with van der Waals surface area (Å²) in [4.78, 5) is 16.0. The van der Waals surface area contributed by atoms with Crippen molar-refractivity contribution in [2.24, 2.45) is 5.73 Å². The van der Waals surface area contributed by atoms with E-state index in [0.29, 0.717) is 17.8 Å². The van der Waals surface area contributed by atoms with Crippen LogP contribution in [0.25, 0.3) is 0 Å². The minimum absolute atomic E-state index is 0.157. The third kappa shape index (κ3) is 4.48. The van der Waals surface area contributed by atoms with Gasteiger partial charge in [0.25, 0.3) is 5.91 Å². The minimum Gasteiger partial charge on any atom is -0.389 e. The van der Waals surface area contributed by atoms with Crippen molar-refractivity contribution >= 4 is 23.1 Å². The first-order chi connectivity index (χ1) is 8.15. The largest absolute Gasteiger partial charge is 0.389 e. The number of hydrogen-bond donors (Lipinski definition) is 2. The van der Waals surface area contributed by atoms with Gasteiger partial charge in [0.15, 0.2) is 0 Å². The summed E-state index contributed by atoms with van der Waals surface area (Å²) >= 11 is 4.81. The van der Waals surface area contributed by atoms with Crippen LogP contribution >= 0.6 is 12.2 Å². The number of nitrogens with one attached hydrogen (secondary N) is 1. The Morgan fingerprint density at radius 3 is 2.76 bits per heavy atom. The van der Waals surface area contributed by atoms with Gasteiger partial charge in [0.2, 0.25) is 0 Å². The van der Waals surface area contributed by atoms with Crippen LogP contribution in [0.4, 0.5) is 0 Å². The van der Waals surface area contributed by atoms with Crippen LogP contribution in [0.5, 0.6) is 0 Å². The van der Waals surface area contributed by atoms with Crippen molar-refractivity contribution in [1.29, 1.82) is 0 Å². The quantitative estimate of drug-likeness (QED) is 0.595. The Balaban J connectivity index is 2.49. The van der Waals surface area contributed by atoms with Crippen molar-refractivity contribution in [2.75, 3.05) is 6.54 Å². The zero-order valence-electron chi connectivity index (χ0n) is 9.90. The highest BCUT2D eigenvalue weighted by Crippen LogP contribution is 2.00. The Morgan fingerprint density at radius 2 is 2.24 bits per heavy atom.